The summed E-state index contributed by atoms with van der Waals surface area (Å²) in [5.41, 5.74) is 10.4. The van der Waals surface area contributed by atoms with Gasteiger partial charge in [0.2, 0.25) is 0 Å². The summed E-state index contributed by atoms with van der Waals surface area (Å²) < 4.78 is 5.89. The maximum Gasteiger partial charge on any atom is 0.282 e. The molecule has 0 unspecified atom stereocenters. The molecule has 0 aromatic heterocycles. The predicted molar refractivity (Wildman–Crippen MR) is 203 cm³/mol. The molecule has 3 rings (SSSR count). The number of nitrogens with one attached hydrogen (secondary N) is 1. The lowest BCUT2D eigenvalue weighted by Crippen LogP contribution is -2.34. The van der Waals surface area contributed by atoms with Gasteiger partial charge in [0.25, 0.3) is 8.75 Å². The third-order valence-corrected chi connectivity index (χ3v) is 10.5. The average Bonchev–Trinajstić information content (AvgIpc) is 2.84. The second-order valence-corrected chi connectivity index (χ2v) is 21.1. The van der Waals surface area contributed by atoms with Crippen LogP contribution in [0.1, 0.15) is 158 Å². The van der Waals surface area contributed by atoms with Crippen LogP contribution in [-0.4, -0.2) is 8.75 Å². The summed E-state index contributed by atoms with van der Waals surface area (Å²) in [5, 5.41) is 1.27. The maximum atomic E-state index is 5.89. The molecule has 0 radical (unpaired) electrons. The van der Waals surface area contributed by atoms with E-state index in [1.165, 1.54) is 44.3 Å². The van der Waals surface area contributed by atoms with Crippen molar-refractivity contribution in [2.75, 3.05) is 4.98 Å². The minimum absolute atomic E-state index is 0.0437. The SMILES string of the molecule is CC(C)(C)c1cc(C(C)(C)C)c(N=[Si](Nc2c(C(C)(C)C)cc(C(C)(C)C)cc2C(C)(C)C)c2ccccc2)c(C(C)(C)C)c1. The van der Waals surface area contributed by atoms with Gasteiger partial charge >= 0.3 is 0 Å². The van der Waals surface area contributed by atoms with Gasteiger partial charge in [0.1, 0.15) is 0 Å². The van der Waals surface area contributed by atoms with E-state index >= 15 is 0 Å². The van der Waals surface area contributed by atoms with Crippen LogP contribution in [0.5, 0.6) is 0 Å². The Morgan fingerprint density at radius 2 is 0.778 bits per heavy atom. The van der Waals surface area contributed by atoms with Crippen LogP contribution in [0.15, 0.2) is 59.2 Å². The van der Waals surface area contributed by atoms with Gasteiger partial charge in [-0.15, -0.1) is 0 Å². The molecule has 0 spiro atoms. The van der Waals surface area contributed by atoms with E-state index < -0.39 is 8.75 Å². The molecule has 0 amide bonds. The van der Waals surface area contributed by atoms with E-state index in [1.54, 1.807) is 0 Å². The van der Waals surface area contributed by atoms with E-state index in [0.717, 1.165) is 5.69 Å². The highest BCUT2D eigenvalue weighted by atomic mass is 28.3. The van der Waals surface area contributed by atoms with Gasteiger partial charge in [0.05, 0.1) is 5.69 Å². The lowest BCUT2D eigenvalue weighted by atomic mass is 9.74. The second-order valence-electron chi connectivity index (χ2n) is 19.3. The zero-order chi connectivity index (χ0) is 34.6. The molecule has 246 valence electrons. The van der Waals surface area contributed by atoms with Crippen LogP contribution in [0.2, 0.25) is 0 Å². The van der Waals surface area contributed by atoms with Crippen molar-refractivity contribution < 1.29 is 0 Å². The van der Waals surface area contributed by atoms with Gasteiger partial charge < -0.3 is 4.98 Å². The van der Waals surface area contributed by atoms with Crippen LogP contribution >= 0.6 is 0 Å². The quantitative estimate of drug-likeness (QED) is 0.287. The molecule has 0 fully saturated rings. The van der Waals surface area contributed by atoms with Gasteiger partial charge in [0, 0.05) is 5.69 Å². The Labute approximate surface area is 279 Å². The number of hydrogen-bond donors (Lipinski definition) is 1. The fourth-order valence-corrected chi connectivity index (χ4v) is 7.52. The first kappa shape index (κ1) is 36.9. The van der Waals surface area contributed by atoms with Crippen molar-refractivity contribution in [2.45, 2.75) is 157 Å². The molecule has 0 bridgehead atoms. The molecule has 0 aliphatic rings. The molecule has 0 atom stereocenters. The van der Waals surface area contributed by atoms with Crippen molar-refractivity contribution in [3.63, 3.8) is 0 Å². The first-order chi connectivity index (χ1) is 20.1. The van der Waals surface area contributed by atoms with Crippen LogP contribution < -0.4 is 10.2 Å². The van der Waals surface area contributed by atoms with Crippen LogP contribution in [0.3, 0.4) is 0 Å². The van der Waals surface area contributed by atoms with Crippen molar-refractivity contribution >= 4 is 25.3 Å². The highest BCUT2D eigenvalue weighted by Crippen LogP contribution is 2.44. The Bertz CT molecular complexity index is 1460. The summed E-state index contributed by atoms with van der Waals surface area (Å²) in [7, 11) is -1.67. The standard InChI is InChI=1S/C42H64N2Si/c1-37(2,3)28-24-31(39(7,8)9)35(32(25-28)40(10,11)12)43-45(30-22-20-19-21-23-30)44-36-33(41(13,14)15)26-29(38(4,5)6)27-34(36)42(16,17)18/h19-27,43H,1-18H3. The van der Waals surface area contributed by atoms with Crippen molar-refractivity contribution in [3.8, 4) is 0 Å². The third kappa shape index (κ3) is 8.85. The first-order valence-corrected chi connectivity index (χ1v) is 18.4. The summed E-state index contributed by atoms with van der Waals surface area (Å²) in [6.45, 7) is 42.0. The van der Waals surface area contributed by atoms with Crippen LogP contribution in [0.25, 0.3) is 0 Å². The molecule has 0 saturated heterocycles. The zero-order valence-electron chi connectivity index (χ0n) is 32.1. The van der Waals surface area contributed by atoms with Gasteiger partial charge in [-0.1, -0.05) is 179 Å². The molecule has 0 saturated carbocycles. The fourth-order valence-electron chi connectivity index (χ4n) is 5.72. The molecule has 0 heterocycles. The largest absolute Gasteiger partial charge is 0.374 e. The van der Waals surface area contributed by atoms with Crippen LogP contribution in [0.4, 0.5) is 11.4 Å². The van der Waals surface area contributed by atoms with E-state index in [1.807, 2.05) is 0 Å². The average molecular weight is 625 g/mol. The van der Waals surface area contributed by atoms with E-state index in [-0.39, 0.29) is 32.5 Å². The topological polar surface area (TPSA) is 24.4 Å². The molecular weight excluding hydrogens is 561 g/mol. The highest BCUT2D eigenvalue weighted by molar-refractivity contribution is 6.66. The first-order valence-electron chi connectivity index (χ1n) is 16.9. The van der Waals surface area contributed by atoms with Gasteiger partial charge in [-0.2, -0.15) is 0 Å². The molecule has 3 heteroatoms. The van der Waals surface area contributed by atoms with E-state index in [9.17, 15) is 0 Å². The Morgan fingerprint density at radius 3 is 1.09 bits per heavy atom. The number of nitrogens with zero attached hydrogens (tertiary/aromatic N) is 1. The zero-order valence-corrected chi connectivity index (χ0v) is 33.1. The van der Waals surface area contributed by atoms with E-state index in [0.29, 0.717) is 0 Å². The number of benzene rings is 3. The molecule has 3 aromatic rings. The van der Waals surface area contributed by atoms with Crippen molar-refractivity contribution in [1.82, 2.24) is 0 Å². The number of rotatable bonds is 4. The van der Waals surface area contributed by atoms with Gasteiger partial charge in [-0.25, -0.2) is 0 Å². The Hall–Kier alpha value is -2.52. The lowest BCUT2D eigenvalue weighted by Gasteiger charge is -2.34. The van der Waals surface area contributed by atoms with E-state index in [2.05, 4.69) is 184 Å². The number of hydrogen-bond acceptors (Lipinski definition) is 1. The predicted octanol–water partition coefficient (Wildman–Crippen LogP) is 11.9. The molecule has 0 aliphatic carbocycles. The van der Waals surface area contributed by atoms with Gasteiger partial charge in [-0.3, -0.25) is 4.63 Å². The second kappa shape index (κ2) is 12.3. The summed E-state index contributed by atoms with van der Waals surface area (Å²) in [4.78, 5) is 4.21. The normalized spacial score (nSPS) is 14.1. The summed E-state index contributed by atoms with van der Waals surface area (Å²) >= 11 is 0. The van der Waals surface area contributed by atoms with Crippen molar-refractivity contribution in [1.29, 1.82) is 0 Å². The van der Waals surface area contributed by atoms with Crippen molar-refractivity contribution in [2.24, 2.45) is 4.63 Å². The molecule has 3 aromatic carbocycles. The minimum atomic E-state index is -1.67. The summed E-state index contributed by atoms with van der Waals surface area (Å²) in [6, 6.07) is 20.8. The van der Waals surface area contributed by atoms with E-state index in [4.69, 9.17) is 4.63 Å². The molecular formula is C42H64N2Si. The Balaban J connectivity index is 2.54. The molecule has 1 N–H and O–H groups in total. The number of anilines is 1. The third-order valence-electron chi connectivity index (χ3n) is 8.73. The highest BCUT2D eigenvalue weighted by Gasteiger charge is 2.32. The lowest BCUT2D eigenvalue weighted by molar-refractivity contribution is 0.550. The Morgan fingerprint density at radius 1 is 0.444 bits per heavy atom. The Kier molecular flexibility index (Phi) is 10.1. The monoisotopic (exact) mass is 624 g/mol. The van der Waals surface area contributed by atoms with Crippen molar-refractivity contribution in [3.05, 3.63) is 88.0 Å². The summed E-state index contributed by atoms with van der Waals surface area (Å²) in [6.07, 6.45) is 0. The van der Waals surface area contributed by atoms with Gasteiger partial charge in [0.15, 0.2) is 0 Å². The molecule has 0 aliphatic heterocycles. The molecule has 2 nitrogen and oxygen atoms in total. The van der Waals surface area contributed by atoms with Crippen LogP contribution in [-0.2, 0) is 32.5 Å². The van der Waals surface area contributed by atoms with Crippen LogP contribution in [0, 0.1) is 0 Å². The summed E-state index contributed by atoms with van der Waals surface area (Å²) in [5.74, 6) is 0. The molecule has 45 heavy (non-hydrogen) atoms. The van der Waals surface area contributed by atoms with Gasteiger partial charge in [-0.05, 0) is 71.1 Å². The minimum Gasteiger partial charge on any atom is -0.374 e. The fraction of sp³-hybridized carbons (Fsp3) is 0.571. The maximum absolute atomic E-state index is 5.89. The smallest absolute Gasteiger partial charge is 0.282 e.